The Morgan fingerprint density at radius 3 is 2.69 bits per heavy atom. The molecule has 4 heterocycles. The lowest BCUT2D eigenvalue weighted by atomic mass is 9.82. The second-order valence-electron chi connectivity index (χ2n) is 8.35. The zero-order chi connectivity index (χ0) is 20.0. The third kappa shape index (κ3) is 3.60. The predicted molar refractivity (Wildman–Crippen MR) is 107 cm³/mol. The molecular weight excluding hydrogens is 369 g/mol. The number of likely N-dealkylation sites (tertiary alicyclic amines) is 2. The molecule has 0 N–H and O–H groups in total. The fourth-order valence-corrected chi connectivity index (χ4v) is 4.75. The summed E-state index contributed by atoms with van der Waals surface area (Å²) in [6, 6.07) is 7.10. The summed E-state index contributed by atoms with van der Waals surface area (Å²) in [7, 11) is 0. The van der Waals surface area contributed by atoms with Gasteiger partial charge in [-0.2, -0.15) is 5.10 Å². The Kier molecular flexibility index (Phi) is 4.72. The molecule has 6 nitrogen and oxygen atoms in total. The van der Waals surface area contributed by atoms with Crippen molar-refractivity contribution >= 4 is 0 Å². The maximum atomic E-state index is 13.1. The van der Waals surface area contributed by atoms with Gasteiger partial charge in [-0.05, 0) is 50.5 Å². The van der Waals surface area contributed by atoms with Gasteiger partial charge in [0.1, 0.15) is 11.6 Å². The zero-order valence-corrected chi connectivity index (χ0v) is 16.9. The normalized spacial score (nSPS) is 22.4. The van der Waals surface area contributed by atoms with Crippen LogP contribution in [0.25, 0.3) is 5.69 Å². The van der Waals surface area contributed by atoms with E-state index in [-0.39, 0.29) is 5.82 Å². The molecule has 2 atom stereocenters. The van der Waals surface area contributed by atoms with Crippen LogP contribution in [0.15, 0.2) is 41.2 Å². The summed E-state index contributed by atoms with van der Waals surface area (Å²) in [5.74, 6) is 1.45. The molecule has 3 aromatic rings. The lowest BCUT2D eigenvalue weighted by molar-refractivity contribution is -0.0509. The Hall–Kier alpha value is -2.51. The summed E-state index contributed by atoms with van der Waals surface area (Å²) >= 11 is 0. The fraction of sp³-hybridized carbons (Fsp3) is 0.455. The second-order valence-corrected chi connectivity index (χ2v) is 8.35. The van der Waals surface area contributed by atoms with Crippen molar-refractivity contribution in [2.24, 2.45) is 5.92 Å². The van der Waals surface area contributed by atoms with Crippen LogP contribution in [-0.2, 0) is 13.1 Å². The maximum Gasteiger partial charge on any atom is 0.138 e. The third-order valence-electron chi connectivity index (χ3n) is 6.39. The molecule has 2 saturated heterocycles. The van der Waals surface area contributed by atoms with Gasteiger partial charge >= 0.3 is 0 Å². The highest BCUT2D eigenvalue weighted by atomic mass is 19.1. The molecule has 1 aromatic carbocycles. The van der Waals surface area contributed by atoms with E-state index in [0.29, 0.717) is 6.04 Å². The number of hydrogen-bond acceptors (Lipinski definition) is 5. The number of rotatable bonds is 5. The molecule has 0 saturated carbocycles. The smallest absolute Gasteiger partial charge is 0.138 e. The predicted octanol–water partition coefficient (Wildman–Crippen LogP) is 3.32. The number of halogens is 1. The van der Waals surface area contributed by atoms with Crippen LogP contribution >= 0.6 is 0 Å². The molecule has 2 fully saturated rings. The van der Waals surface area contributed by atoms with Crippen LogP contribution in [0.5, 0.6) is 0 Å². The van der Waals surface area contributed by atoms with Crippen molar-refractivity contribution in [1.82, 2.24) is 24.7 Å². The Balaban J connectivity index is 1.16. The standard InChI is InChI=1S/C22H26FN5O/c1-15-21(16(2)29-25-15)14-27-13-18-12-26(8-7-22(18)27)10-17-9-24-28(11-17)20-5-3-19(23)4-6-20/h3-6,9,11,18,22H,7-8,10,12-14H2,1-2H3/t18-,22-/m0/s1. The second kappa shape index (κ2) is 7.39. The number of hydrogen-bond donors (Lipinski definition) is 0. The molecule has 2 aromatic heterocycles. The largest absolute Gasteiger partial charge is 0.361 e. The van der Waals surface area contributed by atoms with Gasteiger partial charge in [0.2, 0.25) is 0 Å². The quantitative estimate of drug-likeness (QED) is 0.663. The lowest BCUT2D eigenvalue weighted by Gasteiger charge is -2.53. The van der Waals surface area contributed by atoms with Crippen molar-refractivity contribution in [3.8, 4) is 5.69 Å². The van der Waals surface area contributed by atoms with Gasteiger partial charge in [-0.3, -0.25) is 9.80 Å². The summed E-state index contributed by atoms with van der Waals surface area (Å²) in [5, 5.41) is 8.53. The van der Waals surface area contributed by atoms with Gasteiger partial charge in [0.05, 0.1) is 17.6 Å². The van der Waals surface area contributed by atoms with E-state index in [1.165, 1.54) is 29.7 Å². The van der Waals surface area contributed by atoms with Gasteiger partial charge in [-0.15, -0.1) is 0 Å². The minimum absolute atomic E-state index is 0.229. The van der Waals surface area contributed by atoms with E-state index >= 15 is 0 Å². The van der Waals surface area contributed by atoms with E-state index in [9.17, 15) is 4.39 Å². The zero-order valence-electron chi connectivity index (χ0n) is 16.9. The summed E-state index contributed by atoms with van der Waals surface area (Å²) in [6.07, 6.45) is 5.16. The molecule has 7 heteroatoms. The molecule has 152 valence electrons. The van der Waals surface area contributed by atoms with Crippen LogP contribution < -0.4 is 0 Å². The van der Waals surface area contributed by atoms with Crippen molar-refractivity contribution < 1.29 is 8.91 Å². The molecule has 0 spiro atoms. The summed E-state index contributed by atoms with van der Waals surface area (Å²) in [6.45, 7) is 9.26. The van der Waals surface area contributed by atoms with Crippen molar-refractivity contribution in [2.75, 3.05) is 19.6 Å². The maximum absolute atomic E-state index is 13.1. The van der Waals surface area contributed by atoms with Crippen molar-refractivity contribution in [1.29, 1.82) is 0 Å². The number of aryl methyl sites for hydroxylation is 2. The first-order valence-corrected chi connectivity index (χ1v) is 10.2. The minimum atomic E-state index is -0.229. The number of nitrogens with zero attached hydrogens (tertiary/aromatic N) is 5. The van der Waals surface area contributed by atoms with Gasteiger partial charge in [0.25, 0.3) is 0 Å². The summed E-state index contributed by atoms with van der Waals surface area (Å²) in [4.78, 5) is 5.10. The van der Waals surface area contributed by atoms with Crippen LogP contribution in [0.3, 0.4) is 0 Å². The lowest BCUT2D eigenvalue weighted by Crippen LogP contribution is -2.62. The Labute approximate surface area is 169 Å². The van der Waals surface area contributed by atoms with E-state index in [1.807, 2.05) is 30.9 Å². The molecule has 0 amide bonds. The topological polar surface area (TPSA) is 50.3 Å². The molecule has 0 bridgehead atoms. The first-order valence-electron chi connectivity index (χ1n) is 10.2. The molecule has 2 aliphatic heterocycles. The van der Waals surface area contributed by atoms with E-state index in [4.69, 9.17) is 4.52 Å². The average molecular weight is 395 g/mol. The molecule has 5 rings (SSSR count). The highest BCUT2D eigenvalue weighted by molar-refractivity contribution is 5.31. The first-order chi connectivity index (χ1) is 14.1. The van der Waals surface area contributed by atoms with Crippen LogP contribution in [0.4, 0.5) is 4.39 Å². The van der Waals surface area contributed by atoms with Crippen molar-refractivity contribution in [2.45, 2.75) is 39.4 Å². The van der Waals surface area contributed by atoms with Crippen molar-refractivity contribution in [3.05, 3.63) is 65.1 Å². The summed E-state index contributed by atoms with van der Waals surface area (Å²) < 4.78 is 20.2. The first kappa shape index (κ1) is 18.5. The Morgan fingerprint density at radius 2 is 1.97 bits per heavy atom. The highest BCUT2D eigenvalue weighted by Gasteiger charge is 2.42. The van der Waals surface area contributed by atoms with Gasteiger partial charge in [0, 0.05) is 56.1 Å². The van der Waals surface area contributed by atoms with Gasteiger partial charge in [0.15, 0.2) is 0 Å². The number of benzene rings is 1. The molecule has 2 aliphatic rings. The number of fused-ring (bicyclic) bond motifs is 1. The van der Waals surface area contributed by atoms with Crippen LogP contribution in [-0.4, -0.2) is 50.4 Å². The number of piperidine rings is 1. The molecule has 0 unspecified atom stereocenters. The molecule has 0 radical (unpaired) electrons. The van der Waals surface area contributed by atoms with E-state index in [1.54, 1.807) is 12.1 Å². The SMILES string of the molecule is Cc1noc(C)c1CN1C[C@@H]2CN(Cc3cnn(-c4ccc(F)cc4)c3)CC[C@@H]21. The van der Waals surface area contributed by atoms with Gasteiger partial charge in [-0.25, -0.2) is 9.07 Å². The van der Waals surface area contributed by atoms with E-state index < -0.39 is 0 Å². The fourth-order valence-electron chi connectivity index (χ4n) is 4.75. The molecular formula is C22H26FN5O. The molecule has 0 aliphatic carbocycles. The van der Waals surface area contributed by atoms with Gasteiger partial charge < -0.3 is 4.52 Å². The number of aromatic nitrogens is 3. The van der Waals surface area contributed by atoms with Crippen LogP contribution in [0.2, 0.25) is 0 Å². The Bertz CT molecular complexity index is 976. The third-order valence-corrected chi connectivity index (χ3v) is 6.39. The highest BCUT2D eigenvalue weighted by Crippen LogP contribution is 2.35. The monoisotopic (exact) mass is 395 g/mol. The molecule has 29 heavy (non-hydrogen) atoms. The van der Waals surface area contributed by atoms with E-state index in [2.05, 4.69) is 20.1 Å². The average Bonchev–Trinajstić information content (AvgIpc) is 3.28. The van der Waals surface area contributed by atoms with E-state index in [0.717, 1.165) is 55.8 Å². The summed E-state index contributed by atoms with van der Waals surface area (Å²) in [5.41, 5.74) is 4.34. The minimum Gasteiger partial charge on any atom is -0.361 e. The van der Waals surface area contributed by atoms with Crippen LogP contribution in [0.1, 0.15) is 29.0 Å². The Morgan fingerprint density at radius 1 is 1.14 bits per heavy atom. The van der Waals surface area contributed by atoms with Crippen molar-refractivity contribution in [3.63, 3.8) is 0 Å². The van der Waals surface area contributed by atoms with Gasteiger partial charge in [-0.1, -0.05) is 5.16 Å². The van der Waals surface area contributed by atoms with Crippen LogP contribution in [0, 0.1) is 25.6 Å².